The van der Waals surface area contributed by atoms with E-state index in [4.69, 9.17) is 5.73 Å². The zero-order valence-corrected chi connectivity index (χ0v) is 13.9. The first-order valence-electron chi connectivity index (χ1n) is 9.23. The Bertz CT molecular complexity index is 960. The van der Waals surface area contributed by atoms with Crippen LogP contribution in [0.25, 0.3) is 10.9 Å². The molecule has 2 fully saturated rings. The van der Waals surface area contributed by atoms with Crippen molar-refractivity contribution in [2.75, 3.05) is 11.1 Å². The lowest BCUT2D eigenvalue weighted by Crippen LogP contribution is -2.35. The van der Waals surface area contributed by atoms with Gasteiger partial charge in [0.15, 0.2) is 0 Å². The molecular formula is C20H21N5. The average Bonchev–Trinajstić information content (AvgIpc) is 3.37. The maximum atomic E-state index is 5.81. The summed E-state index contributed by atoms with van der Waals surface area (Å²) in [5, 5.41) is 12.6. The van der Waals surface area contributed by atoms with Crippen molar-refractivity contribution >= 4 is 22.4 Å². The average molecular weight is 331 g/mol. The van der Waals surface area contributed by atoms with Crippen molar-refractivity contribution in [3.63, 3.8) is 0 Å². The van der Waals surface area contributed by atoms with Crippen LogP contribution in [0.3, 0.4) is 0 Å². The summed E-state index contributed by atoms with van der Waals surface area (Å²) in [6, 6.07) is 8.75. The number of hydrogen-bond acceptors (Lipinski definition) is 4. The zero-order valence-electron chi connectivity index (χ0n) is 13.9. The van der Waals surface area contributed by atoms with Gasteiger partial charge in [-0.15, -0.1) is 0 Å². The molecule has 4 N–H and O–H groups in total. The van der Waals surface area contributed by atoms with Crippen LogP contribution in [-0.2, 0) is 0 Å². The molecule has 2 saturated carbocycles. The minimum atomic E-state index is 0.324. The number of hydrogen-bond donors (Lipinski definition) is 3. The minimum absolute atomic E-state index is 0.324. The second kappa shape index (κ2) is 4.75. The predicted molar refractivity (Wildman–Crippen MR) is 98.2 cm³/mol. The molecule has 5 unspecified atom stereocenters. The first kappa shape index (κ1) is 13.7. The van der Waals surface area contributed by atoms with Gasteiger partial charge in [-0.3, -0.25) is 5.10 Å². The third-order valence-corrected chi connectivity index (χ3v) is 6.84. The number of nitrogens with two attached hydrogens (primary N) is 1. The van der Waals surface area contributed by atoms with E-state index in [1.165, 1.54) is 41.5 Å². The molecule has 0 amide bonds. The Morgan fingerprint density at radius 2 is 1.96 bits per heavy atom. The van der Waals surface area contributed by atoms with Crippen molar-refractivity contribution in [2.24, 2.45) is 17.8 Å². The van der Waals surface area contributed by atoms with Gasteiger partial charge in [-0.1, -0.05) is 6.07 Å². The van der Waals surface area contributed by atoms with Crippen LogP contribution in [0.2, 0.25) is 0 Å². The fourth-order valence-electron chi connectivity index (χ4n) is 5.94. The number of nitrogens with zero attached hydrogens (tertiary/aromatic N) is 2. The number of nitrogens with one attached hydrogen (secondary N) is 2. The summed E-state index contributed by atoms with van der Waals surface area (Å²) in [4.78, 5) is 4.35. The summed E-state index contributed by atoms with van der Waals surface area (Å²) in [6.45, 7) is 0. The topological polar surface area (TPSA) is 79.6 Å². The Labute approximate surface area is 146 Å². The largest absolute Gasteiger partial charge is 0.384 e. The predicted octanol–water partition coefficient (Wildman–Crippen LogP) is 3.84. The van der Waals surface area contributed by atoms with Crippen LogP contribution < -0.4 is 11.1 Å². The van der Waals surface area contributed by atoms with E-state index >= 15 is 0 Å². The monoisotopic (exact) mass is 331 g/mol. The van der Waals surface area contributed by atoms with Crippen molar-refractivity contribution in [3.05, 3.63) is 47.8 Å². The number of fused-ring (bicyclic) bond motifs is 9. The number of aromatic nitrogens is 3. The quantitative estimate of drug-likeness (QED) is 0.633. The third-order valence-electron chi connectivity index (χ3n) is 6.84. The normalized spacial score (nSPS) is 32.4. The Kier molecular flexibility index (Phi) is 2.60. The molecule has 2 aromatic heterocycles. The summed E-state index contributed by atoms with van der Waals surface area (Å²) in [5.41, 5.74) is 11.0. The highest BCUT2D eigenvalue weighted by Gasteiger charge is 2.54. The molecule has 2 bridgehead atoms. The van der Waals surface area contributed by atoms with Gasteiger partial charge in [0.05, 0.1) is 17.8 Å². The molecule has 25 heavy (non-hydrogen) atoms. The van der Waals surface area contributed by atoms with E-state index in [0.717, 1.165) is 17.4 Å². The Morgan fingerprint density at radius 3 is 2.84 bits per heavy atom. The lowest BCUT2D eigenvalue weighted by Gasteiger charge is -2.43. The van der Waals surface area contributed by atoms with Gasteiger partial charge in [-0.05, 0) is 72.3 Å². The van der Waals surface area contributed by atoms with Crippen LogP contribution >= 0.6 is 0 Å². The van der Waals surface area contributed by atoms with Crippen LogP contribution in [0.1, 0.15) is 42.3 Å². The van der Waals surface area contributed by atoms with Crippen molar-refractivity contribution in [1.82, 2.24) is 15.2 Å². The number of rotatable bonds is 1. The van der Waals surface area contributed by atoms with Crippen LogP contribution in [-0.4, -0.2) is 15.2 Å². The molecule has 1 aliphatic heterocycles. The minimum Gasteiger partial charge on any atom is -0.384 e. The van der Waals surface area contributed by atoms with Gasteiger partial charge in [0, 0.05) is 17.3 Å². The first-order chi connectivity index (χ1) is 12.3. The number of anilines is 2. The Balaban J connectivity index is 1.55. The molecule has 126 valence electrons. The van der Waals surface area contributed by atoms with Crippen molar-refractivity contribution < 1.29 is 0 Å². The van der Waals surface area contributed by atoms with Gasteiger partial charge < -0.3 is 11.1 Å². The first-order valence-corrected chi connectivity index (χ1v) is 9.23. The van der Waals surface area contributed by atoms with E-state index in [1.54, 1.807) is 0 Å². The van der Waals surface area contributed by atoms with Crippen LogP contribution in [0.4, 0.5) is 11.5 Å². The lowest BCUT2D eigenvalue weighted by atomic mass is 9.67. The zero-order chi connectivity index (χ0) is 16.5. The maximum Gasteiger partial charge on any atom is 0.123 e. The van der Waals surface area contributed by atoms with Crippen LogP contribution in [0, 0.1) is 17.8 Å². The highest BCUT2D eigenvalue weighted by atomic mass is 15.1. The second-order valence-corrected chi connectivity index (χ2v) is 7.93. The SMILES string of the molecule is Nc1ccc(C2Nc3ccc4[nH]ncc4c3C3C4CCC(C4)C23)cn1. The van der Waals surface area contributed by atoms with E-state index in [0.29, 0.717) is 23.7 Å². The Hall–Kier alpha value is -2.56. The summed E-state index contributed by atoms with van der Waals surface area (Å²) < 4.78 is 0. The van der Waals surface area contributed by atoms with Gasteiger partial charge in [0.25, 0.3) is 0 Å². The lowest BCUT2D eigenvalue weighted by molar-refractivity contribution is 0.248. The third kappa shape index (κ3) is 1.78. The maximum absolute atomic E-state index is 5.81. The number of H-pyrrole nitrogens is 1. The summed E-state index contributed by atoms with van der Waals surface area (Å²) in [5.74, 6) is 3.46. The number of nitrogen functional groups attached to an aromatic ring is 1. The van der Waals surface area contributed by atoms with Crippen molar-refractivity contribution in [3.8, 4) is 0 Å². The van der Waals surface area contributed by atoms with Gasteiger partial charge in [0.2, 0.25) is 0 Å². The highest BCUT2D eigenvalue weighted by molar-refractivity contribution is 5.88. The van der Waals surface area contributed by atoms with Gasteiger partial charge >= 0.3 is 0 Å². The van der Waals surface area contributed by atoms with Gasteiger partial charge in [0.1, 0.15) is 5.82 Å². The number of pyridine rings is 1. The van der Waals surface area contributed by atoms with E-state index < -0.39 is 0 Å². The summed E-state index contributed by atoms with van der Waals surface area (Å²) in [7, 11) is 0. The smallest absolute Gasteiger partial charge is 0.123 e. The van der Waals surface area contributed by atoms with Crippen molar-refractivity contribution in [2.45, 2.75) is 31.2 Å². The van der Waals surface area contributed by atoms with E-state index in [1.807, 2.05) is 18.5 Å². The molecule has 1 aromatic carbocycles. The number of benzene rings is 1. The fraction of sp³-hybridized carbons (Fsp3) is 0.400. The molecule has 5 atom stereocenters. The molecule has 6 rings (SSSR count). The molecule has 5 nitrogen and oxygen atoms in total. The van der Waals surface area contributed by atoms with Crippen LogP contribution in [0.5, 0.6) is 0 Å². The molecule has 5 heteroatoms. The van der Waals surface area contributed by atoms with Gasteiger partial charge in [-0.25, -0.2) is 4.98 Å². The summed E-state index contributed by atoms with van der Waals surface area (Å²) in [6.07, 6.45) is 8.06. The van der Waals surface area contributed by atoms with Crippen LogP contribution in [0.15, 0.2) is 36.7 Å². The van der Waals surface area contributed by atoms with E-state index in [-0.39, 0.29) is 0 Å². The second-order valence-electron chi connectivity index (χ2n) is 7.93. The van der Waals surface area contributed by atoms with E-state index in [9.17, 15) is 0 Å². The summed E-state index contributed by atoms with van der Waals surface area (Å²) >= 11 is 0. The van der Waals surface area contributed by atoms with E-state index in [2.05, 4.69) is 38.7 Å². The molecule has 0 spiro atoms. The molecule has 2 aliphatic carbocycles. The van der Waals surface area contributed by atoms with Gasteiger partial charge in [-0.2, -0.15) is 5.10 Å². The fourth-order valence-corrected chi connectivity index (χ4v) is 5.94. The molecule has 0 saturated heterocycles. The van der Waals surface area contributed by atoms with Crippen molar-refractivity contribution in [1.29, 1.82) is 0 Å². The number of aromatic amines is 1. The molecule has 3 heterocycles. The molecular weight excluding hydrogens is 310 g/mol. The molecule has 3 aromatic rings. The standard InChI is InChI=1S/C20H21N5/c21-16-6-3-12(8-22-16)20-18-11-2-1-10(7-11)17(18)19-13-9-23-25-14(13)4-5-15(19)24-20/h3-6,8-11,17-18,20,24H,1-2,7H2,(H2,21,22)(H,23,25). The highest BCUT2D eigenvalue weighted by Crippen LogP contribution is 2.64. The molecule has 0 radical (unpaired) electrons. The Morgan fingerprint density at radius 1 is 1.04 bits per heavy atom. The molecule has 3 aliphatic rings.